The Hall–Kier alpha value is -3.33. The summed E-state index contributed by atoms with van der Waals surface area (Å²) >= 11 is 1.56. The first-order valence-corrected chi connectivity index (χ1v) is 17.3. The van der Waals surface area contributed by atoms with E-state index in [0.717, 1.165) is 40.0 Å². The number of carbonyl (C=O) groups excluding carboxylic acids is 1. The van der Waals surface area contributed by atoms with Gasteiger partial charge in [0.05, 0.1) is 33.0 Å². The summed E-state index contributed by atoms with van der Waals surface area (Å²) < 4.78 is 18.0. The van der Waals surface area contributed by atoms with Crippen molar-refractivity contribution < 1.29 is 28.9 Å². The predicted octanol–water partition coefficient (Wildman–Crippen LogP) is 7.68. The molecule has 0 bridgehead atoms. The number of amides is 1. The van der Waals surface area contributed by atoms with Crippen LogP contribution in [0.2, 0.25) is 0 Å². The Morgan fingerprint density at radius 1 is 0.956 bits per heavy atom. The average molecular weight is 634 g/mol. The largest absolute Gasteiger partial charge is 0.497 e. The van der Waals surface area contributed by atoms with Crippen molar-refractivity contribution in [2.45, 2.75) is 77.2 Å². The first kappa shape index (κ1) is 34.5. The number of aryl methyl sites for hydroxylation is 1. The van der Waals surface area contributed by atoms with E-state index in [4.69, 9.17) is 14.2 Å². The maximum atomic E-state index is 13.5. The molecule has 0 saturated heterocycles. The molecule has 4 rings (SSSR count). The van der Waals surface area contributed by atoms with Crippen LogP contribution in [0.5, 0.6) is 5.75 Å². The third-order valence-corrected chi connectivity index (χ3v) is 9.16. The van der Waals surface area contributed by atoms with Crippen molar-refractivity contribution in [3.8, 4) is 16.9 Å². The van der Waals surface area contributed by atoms with Crippen LogP contribution in [0.15, 0.2) is 66.7 Å². The van der Waals surface area contributed by atoms with Gasteiger partial charge in [0.15, 0.2) is 0 Å². The zero-order chi connectivity index (χ0) is 32.0. The molecule has 242 valence electrons. The van der Waals surface area contributed by atoms with Crippen molar-refractivity contribution in [1.29, 1.82) is 0 Å². The van der Waals surface area contributed by atoms with Gasteiger partial charge in [-0.15, -0.1) is 0 Å². The Balaban J connectivity index is 1.50. The summed E-state index contributed by atoms with van der Waals surface area (Å²) in [5.74, 6) is 0.678. The molecule has 1 saturated carbocycles. The van der Waals surface area contributed by atoms with E-state index >= 15 is 0 Å². The van der Waals surface area contributed by atoms with Gasteiger partial charge in [-0.3, -0.25) is 4.79 Å². The van der Waals surface area contributed by atoms with Gasteiger partial charge < -0.3 is 24.6 Å². The number of aliphatic carboxylic acids is 1. The highest BCUT2D eigenvalue weighted by atomic mass is 32.2. The molecule has 7 nitrogen and oxygen atoms in total. The van der Waals surface area contributed by atoms with E-state index in [1.54, 1.807) is 24.9 Å². The van der Waals surface area contributed by atoms with Gasteiger partial charge in [-0.05, 0) is 89.8 Å². The normalized spacial score (nSPS) is 14.9. The van der Waals surface area contributed by atoms with Crippen molar-refractivity contribution in [3.63, 3.8) is 0 Å². The quantitative estimate of drug-likeness (QED) is 0.158. The molecule has 1 amide bonds. The molecule has 3 aromatic rings. The minimum Gasteiger partial charge on any atom is -0.497 e. The number of thioether (sulfide) groups is 1. The SMILES string of the molecule is COc1ccc(COC[C@H](CC2CCCCC2)OCc2ccc(C(=O)N[C@@H](CCSC)C(=O)O)c(-c3ccccc3C)c2)cc1. The maximum absolute atomic E-state index is 13.5. The van der Waals surface area contributed by atoms with Gasteiger partial charge in [0.25, 0.3) is 5.91 Å². The van der Waals surface area contributed by atoms with Crippen LogP contribution in [-0.2, 0) is 27.5 Å². The first-order chi connectivity index (χ1) is 21.9. The Bertz CT molecular complexity index is 1370. The lowest BCUT2D eigenvalue weighted by atomic mass is 9.85. The number of hydrogen-bond acceptors (Lipinski definition) is 6. The third-order valence-electron chi connectivity index (χ3n) is 8.52. The van der Waals surface area contributed by atoms with Gasteiger partial charge in [-0.2, -0.15) is 11.8 Å². The zero-order valence-corrected chi connectivity index (χ0v) is 27.6. The number of benzene rings is 3. The average Bonchev–Trinajstić information content (AvgIpc) is 3.06. The van der Waals surface area contributed by atoms with E-state index in [0.29, 0.717) is 43.5 Å². The van der Waals surface area contributed by atoms with Gasteiger partial charge in [-0.1, -0.05) is 74.6 Å². The van der Waals surface area contributed by atoms with Crippen LogP contribution < -0.4 is 10.1 Å². The van der Waals surface area contributed by atoms with Crippen LogP contribution >= 0.6 is 11.8 Å². The fraction of sp³-hybridized carbons (Fsp3) is 0.459. The van der Waals surface area contributed by atoms with Gasteiger partial charge in [0.1, 0.15) is 11.8 Å². The molecule has 8 heteroatoms. The highest BCUT2D eigenvalue weighted by Gasteiger charge is 2.24. The van der Waals surface area contributed by atoms with Crippen LogP contribution in [0, 0.1) is 12.8 Å². The number of ether oxygens (including phenoxy) is 3. The van der Waals surface area contributed by atoms with Crippen LogP contribution in [0.25, 0.3) is 11.1 Å². The van der Waals surface area contributed by atoms with E-state index in [1.807, 2.05) is 73.8 Å². The summed E-state index contributed by atoms with van der Waals surface area (Å²) in [5.41, 5.74) is 5.21. The Morgan fingerprint density at radius 3 is 2.38 bits per heavy atom. The van der Waals surface area contributed by atoms with E-state index in [9.17, 15) is 14.7 Å². The Labute approximate surface area is 272 Å². The minimum absolute atomic E-state index is 0.0519. The lowest BCUT2D eigenvalue weighted by Crippen LogP contribution is -2.41. The van der Waals surface area contributed by atoms with Crippen molar-refractivity contribution in [3.05, 3.63) is 89.0 Å². The van der Waals surface area contributed by atoms with E-state index in [1.165, 1.54) is 32.1 Å². The van der Waals surface area contributed by atoms with Crippen molar-refractivity contribution in [2.24, 2.45) is 5.92 Å². The fourth-order valence-electron chi connectivity index (χ4n) is 5.93. The van der Waals surface area contributed by atoms with Crippen molar-refractivity contribution in [2.75, 3.05) is 25.7 Å². The lowest BCUT2D eigenvalue weighted by molar-refractivity contribution is -0.139. The number of nitrogens with one attached hydrogen (secondary N) is 1. The number of rotatable bonds is 17. The summed E-state index contributed by atoms with van der Waals surface area (Å²) in [6.45, 7) is 3.40. The van der Waals surface area contributed by atoms with E-state index < -0.39 is 17.9 Å². The van der Waals surface area contributed by atoms with Crippen molar-refractivity contribution >= 4 is 23.6 Å². The molecule has 0 aromatic heterocycles. The molecule has 2 N–H and O–H groups in total. The molecular formula is C37H47NO6S. The van der Waals surface area contributed by atoms with Gasteiger partial charge in [0.2, 0.25) is 0 Å². The van der Waals surface area contributed by atoms with Crippen LogP contribution in [0.4, 0.5) is 0 Å². The topological polar surface area (TPSA) is 94.1 Å². The van der Waals surface area contributed by atoms with Crippen LogP contribution in [-0.4, -0.2) is 54.9 Å². The number of methoxy groups -OCH3 is 1. The van der Waals surface area contributed by atoms with Crippen molar-refractivity contribution in [1.82, 2.24) is 5.32 Å². The molecule has 1 aliphatic rings. The molecule has 0 heterocycles. The summed E-state index contributed by atoms with van der Waals surface area (Å²) in [4.78, 5) is 25.3. The Kier molecular flexibility index (Phi) is 13.8. The van der Waals surface area contributed by atoms with E-state index in [2.05, 4.69) is 5.32 Å². The molecule has 0 aliphatic heterocycles. The molecule has 2 atom stereocenters. The van der Waals surface area contributed by atoms with Gasteiger partial charge in [-0.25, -0.2) is 4.79 Å². The molecule has 45 heavy (non-hydrogen) atoms. The first-order valence-electron chi connectivity index (χ1n) is 15.9. The second-order valence-corrected chi connectivity index (χ2v) is 12.9. The number of carboxylic acids is 1. The molecule has 0 unspecified atom stereocenters. The summed E-state index contributed by atoms with van der Waals surface area (Å²) in [6, 6.07) is 20.6. The Morgan fingerprint density at radius 2 is 1.69 bits per heavy atom. The molecule has 0 radical (unpaired) electrons. The highest BCUT2D eigenvalue weighted by molar-refractivity contribution is 7.98. The molecule has 0 spiro atoms. The molecular weight excluding hydrogens is 586 g/mol. The third kappa shape index (κ3) is 10.6. The monoisotopic (exact) mass is 633 g/mol. The summed E-state index contributed by atoms with van der Waals surface area (Å²) in [6.07, 6.45) is 9.50. The molecule has 1 fully saturated rings. The number of hydrogen-bond donors (Lipinski definition) is 2. The fourth-order valence-corrected chi connectivity index (χ4v) is 6.40. The lowest BCUT2D eigenvalue weighted by Gasteiger charge is -2.27. The zero-order valence-electron chi connectivity index (χ0n) is 26.8. The number of carbonyl (C=O) groups is 2. The number of carboxylic acid groups (broad SMARTS) is 1. The standard InChI is InChI=1S/C37H47NO6S/c1-26-9-7-8-12-32(26)34-22-29(15-18-33(34)36(39)38-35(37(40)41)19-20-45-3)24-44-31(21-27-10-5-4-6-11-27)25-43-23-28-13-16-30(42-2)17-14-28/h7-9,12-18,22,27,31,35H,4-6,10-11,19-21,23-25H2,1-3H3,(H,38,39)(H,40,41)/t31-,35-/m0/s1. The predicted molar refractivity (Wildman–Crippen MR) is 181 cm³/mol. The van der Waals surface area contributed by atoms with Crippen LogP contribution in [0.1, 0.15) is 72.0 Å². The van der Waals surface area contributed by atoms with E-state index in [-0.39, 0.29) is 6.10 Å². The molecule has 3 aromatic carbocycles. The van der Waals surface area contributed by atoms with Gasteiger partial charge in [0, 0.05) is 5.56 Å². The molecule has 1 aliphatic carbocycles. The summed E-state index contributed by atoms with van der Waals surface area (Å²) in [5, 5.41) is 12.5. The second kappa shape index (κ2) is 18.0. The minimum atomic E-state index is -1.03. The second-order valence-electron chi connectivity index (χ2n) is 11.9. The highest BCUT2D eigenvalue weighted by Crippen LogP contribution is 2.31. The van der Waals surface area contributed by atoms with Crippen LogP contribution in [0.3, 0.4) is 0 Å². The van der Waals surface area contributed by atoms with Gasteiger partial charge >= 0.3 is 5.97 Å². The maximum Gasteiger partial charge on any atom is 0.326 e. The summed E-state index contributed by atoms with van der Waals surface area (Å²) in [7, 11) is 1.66. The smallest absolute Gasteiger partial charge is 0.326 e.